The summed E-state index contributed by atoms with van der Waals surface area (Å²) in [6, 6.07) is 5.47. The van der Waals surface area contributed by atoms with Crippen LogP contribution in [0.2, 0.25) is 0 Å². The number of halogens is 3. The summed E-state index contributed by atoms with van der Waals surface area (Å²) in [4.78, 5) is 7.72. The molecule has 1 aliphatic rings. The molecule has 1 unspecified atom stereocenters. The Hall–Kier alpha value is -1.30. The molecular weight excluding hydrogens is 243 g/mol. The molecule has 3 nitrogen and oxygen atoms in total. The molecule has 1 fully saturated rings. The maximum Gasteiger partial charge on any atom is 0.401 e. The summed E-state index contributed by atoms with van der Waals surface area (Å²) in [5.74, 6) is 0.830. The van der Waals surface area contributed by atoms with Gasteiger partial charge in [-0.1, -0.05) is 6.07 Å². The lowest BCUT2D eigenvalue weighted by atomic mass is 10.2. The fourth-order valence-electron chi connectivity index (χ4n) is 2.21. The van der Waals surface area contributed by atoms with E-state index in [0.29, 0.717) is 19.6 Å². The van der Waals surface area contributed by atoms with Crippen LogP contribution in [0.5, 0.6) is 0 Å². The Kier molecular flexibility index (Phi) is 3.75. The highest BCUT2D eigenvalue weighted by molar-refractivity contribution is 5.38. The third kappa shape index (κ3) is 3.35. The lowest BCUT2D eigenvalue weighted by molar-refractivity contribution is -0.150. The van der Waals surface area contributed by atoms with Gasteiger partial charge in [0.2, 0.25) is 0 Å². The highest BCUT2D eigenvalue weighted by Crippen LogP contribution is 2.22. The number of piperazine rings is 1. The summed E-state index contributed by atoms with van der Waals surface area (Å²) in [7, 11) is 0. The van der Waals surface area contributed by atoms with Gasteiger partial charge in [0.25, 0.3) is 0 Å². The Morgan fingerprint density at radius 3 is 2.67 bits per heavy atom. The Morgan fingerprint density at radius 1 is 1.33 bits per heavy atom. The van der Waals surface area contributed by atoms with Crippen molar-refractivity contribution in [3.63, 3.8) is 0 Å². The van der Waals surface area contributed by atoms with Crippen molar-refractivity contribution in [3.05, 3.63) is 24.4 Å². The van der Waals surface area contributed by atoms with Crippen molar-refractivity contribution >= 4 is 5.82 Å². The minimum absolute atomic E-state index is 0.123. The first kappa shape index (κ1) is 13.1. The van der Waals surface area contributed by atoms with Gasteiger partial charge in [0.1, 0.15) is 5.82 Å². The summed E-state index contributed by atoms with van der Waals surface area (Å²) in [5.41, 5.74) is 0. The maximum atomic E-state index is 12.4. The van der Waals surface area contributed by atoms with Gasteiger partial charge >= 0.3 is 6.18 Å². The zero-order chi connectivity index (χ0) is 13.2. The first-order valence-electron chi connectivity index (χ1n) is 5.92. The van der Waals surface area contributed by atoms with Gasteiger partial charge in [-0.15, -0.1) is 0 Å². The molecule has 2 rings (SSSR count). The number of hydrogen-bond donors (Lipinski definition) is 0. The normalized spacial score (nSPS) is 22.2. The number of pyridine rings is 1. The maximum absolute atomic E-state index is 12.4. The molecule has 0 aromatic carbocycles. The fourth-order valence-corrected chi connectivity index (χ4v) is 2.21. The molecule has 1 aliphatic heterocycles. The minimum Gasteiger partial charge on any atom is -0.354 e. The molecule has 0 N–H and O–H groups in total. The summed E-state index contributed by atoms with van der Waals surface area (Å²) >= 11 is 0. The van der Waals surface area contributed by atoms with E-state index in [1.54, 1.807) is 6.20 Å². The molecule has 18 heavy (non-hydrogen) atoms. The Bertz CT molecular complexity index is 380. The molecule has 1 aromatic heterocycles. The molecule has 1 atom stereocenters. The Labute approximate surface area is 104 Å². The van der Waals surface area contributed by atoms with Crippen LogP contribution in [0.3, 0.4) is 0 Å². The standard InChI is InChI=1S/C12H16F3N3/c1-10-8-17(11-4-2-3-5-16-11)6-7-18(10)9-12(13,14)15/h2-5,10H,6-9H2,1H3. The highest BCUT2D eigenvalue weighted by atomic mass is 19.4. The van der Waals surface area contributed by atoms with Gasteiger partial charge < -0.3 is 4.90 Å². The molecule has 6 heteroatoms. The van der Waals surface area contributed by atoms with Crippen LogP contribution in [-0.4, -0.2) is 48.3 Å². The number of alkyl halides is 3. The lowest BCUT2D eigenvalue weighted by Gasteiger charge is -2.40. The van der Waals surface area contributed by atoms with Crippen LogP contribution in [0.25, 0.3) is 0 Å². The molecule has 1 saturated heterocycles. The predicted molar refractivity (Wildman–Crippen MR) is 63.5 cm³/mol. The number of nitrogens with zero attached hydrogens (tertiary/aromatic N) is 3. The van der Waals surface area contributed by atoms with E-state index in [1.807, 2.05) is 30.0 Å². The Morgan fingerprint density at radius 2 is 2.11 bits per heavy atom. The van der Waals surface area contributed by atoms with E-state index in [2.05, 4.69) is 4.98 Å². The molecule has 0 amide bonds. The highest BCUT2D eigenvalue weighted by Gasteiger charge is 2.35. The largest absolute Gasteiger partial charge is 0.401 e. The van der Waals surface area contributed by atoms with Gasteiger partial charge in [-0.3, -0.25) is 4.90 Å². The predicted octanol–water partition coefficient (Wildman–Crippen LogP) is 2.15. The van der Waals surface area contributed by atoms with Gasteiger partial charge in [0.15, 0.2) is 0 Å². The molecule has 1 aromatic rings. The molecule has 0 bridgehead atoms. The zero-order valence-corrected chi connectivity index (χ0v) is 10.2. The lowest BCUT2D eigenvalue weighted by Crippen LogP contribution is -2.54. The van der Waals surface area contributed by atoms with Crippen molar-refractivity contribution < 1.29 is 13.2 Å². The average molecular weight is 259 g/mol. The third-order valence-corrected chi connectivity index (χ3v) is 3.12. The molecule has 2 heterocycles. The van der Waals surface area contributed by atoms with Crippen molar-refractivity contribution in [2.45, 2.75) is 19.1 Å². The smallest absolute Gasteiger partial charge is 0.354 e. The van der Waals surface area contributed by atoms with E-state index in [4.69, 9.17) is 0 Å². The monoisotopic (exact) mass is 259 g/mol. The second kappa shape index (κ2) is 5.14. The number of rotatable bonds is 2. The van der Waals surface area contributed by atoms with Crippen molar-refractivity contribution in [2.24, 2.45) is 0 Å². The van der Waals surface area contributed by atoms with Crippen molar-refractivity contribution in [2.75, 3.05) is 31.1 Å². The SMILES string of the molecule is CC1CN(c2ccccn2)CCN1CC(F)(F)F. The second-order valence-electron chi connectivity index (χ2n) is 4.57. The van der Waals surface area contributed by atoms with Crippen LogP contribution in [0.15, 0.2) is 24.4 Å². The fraction of sp³-hybridized carbons (Fsp3) is 0.583. The summed E-state index contributed by atoms with van der Waals surface area (Å²) in [5, 5.41) is 0. The van der Waals surface area contributed by atoms with E-state index in [1.165, 1.54) is 4.90 Å². The van der Waals surface area contributed by atoms with Crippen molar-refractivity contribution in [3.8, 4) is 0 Å². The number of hydrogen-bond acceptors (Lipinski definition) is 3. The van der Waals surface area contributed by atoms with Gasteiger partial charge in [-0.2, -0.15) is 13.2 Å². The van der Waals surface area contributed by atoms with Crippen LogP contribution in [0.4, 0.5) is 19.0 Å². The molecule has 100 valence electrons. The second-order valence-corrected chi connectivity index (χ2v) is 4.57. The van der Waals surface area contributed by atoms with Crippen molar-refractivity contribution in [1.82, 2.24) is 9.88 Å². The summed E-state index contributed by atoms with van der Waals surface area (Å²) in [6.07, 6.45) is -2.43. The molecular formula is C12H16F3N3. The van der Waals surface area contributed by atoms with E-state index < -0.39 is 12.7 Å². The van der Waals surface area contributed by atoms with E-state index in [-0.39, 0.29) is 6.04 Å². The summed E-state index contributed by atoms with van der Waals surface area (Å²) in [6.45, 7) is 2.56. The van der Waals surface area contributed by atoms with E-state index >= 15 is 0 Å². The molecule has 0 aliphatic carbocycles. The molecule has 0 saturated carbocycles. The van der Waals surface area contributed by atoms with Gasteiger partial charge in [-0.25, -0.2) is 4.98 Å². The summed E-state index contributed by atoms with van der Waals surface area (Å²) < 4.78 is 37.1. The van der Waals surface area contributed by atoms with Gasteiger partial charge in [0.05, 0.1) is 6.54 Å². The van der Waals surface area contributed by atoms with Crippen LogP contribution in [0.1, 0.15) is 6.92 Å². The number of aromatic nitrogens is 1. The Balaban J connectivity index is 1.96. The first-order chi connectivity index (χ1) is 8.46. The van der Waals surface area contributed by atoms with Crippen LogP contribution in [-0.2, 0) is 0 Å². The van der Waals surface area contributed by atoms with Crippen LogP contribution in [0, 0.1) is 0 Å². The molecule has 0 radical (unpaired) electrons. The van der Waals surface area contributed by atoms with Gasteiger partial charge in [-0.05, 0) is 19.1 Å². The van der Waals surface area contributed by atoms with Gasteiger partial charge in [0, 0.05) is 31.9 Å². The average Bonchev–Trinajstić information content (AvgIpc) is 2.31. The van der Waals surface area contributed by atoms with Crippen LogP contribution >= 0.6 is 0 Å². The minimum atomic E-state index is -4.12. The quantitative estimate of drug-likeness (QED) is 0.811. The number of anilines is 1. The first-order valence-corrected chi connectivity index (χ1v) is 5.92. The van der Waals surface area contributed by atoms with Crippen molar-refractivity contribution in [1.29, 1.82) is 0 Å². The molecule has 0 spiro atoms. The van der Waals surface area contributed by atoms with E-state index in [9.17, 15) is 13.2 Å². The topological polar surface area (TPSA) is 19.4 Å². The van der Waals surface area contributed by atoms with E-state index in [0.717, 1.165) is 5.82 Å². The third-order valence-electron chi connectivity index (χ3n) is 3.12. The van der Waals surface area contributed by atoms with Crippen LogP contribution < -0.4 is 4.90 Å². The zero-order valence-electron chi connectivity index (χ0n) is 10.2.